The van der Waals surface area contributed by atoms with E-state index in [-0.39, 0.29) is 22.9 Å². The van der Waals surface area contributed by atoms with E-state index < -0.39 is 0 Å². The molecule has 0 N–H and O–H groups in total. The van der Waals surface area contributed by atoms with Crippen molar-refractivity contribution in [1.29, 1.82) is 0 Å². The molecule has 286 valence electrons. The number of hydrogen-bond donors (Lipinski definition) is 0. The summed E-state index contributed by atoms with van der Waals surface area (Å²) in [5, 5.41) is 0. The molecule has 50 heavy (non-hydrogen) atoms. The monoisotopic (exact) mass is 691 g/mol. The molecular formula is C48H82O2. The molecule has 0 aromatic heterocycles. The van der Waals surface area contributed by atoms with Crippen molar-refractivity contribution >= 4 is 5.97 Å². The molecule has 0 aliphatic heterocycles. The molecule has 0 spiro atoms. The van der Waals surface area contributed by atoms with Crippen LogP contribution in [0.3, 0.4) is 0 Å². The van der Waals surface area contributed by atoms with Gasteiger partial charge in [-0.2, -0.15) is 0 Å². The third-order valence-corrected chi connectivity index (χ3v) is 15.5. The third kappa shape index (κ3) is 9.43. The number of fused-ring (bicyclic) bond motifs is 4. The van der Waals surface area contributed by atoms with E-state index in [2.05, 4.69) is 80.5 Å². The number of carbonyl (C=O) groups excluding carboxylic acids is 1. The van der Waals surface area contributed by atoms with Crippen LogP contribution in [0, 0.1) is 39.4 Å². The summed E-state index contributed by atoms with van der Waals surface area (Å²) in [4.78, 5) is 13.1. The van der Waals surface area contributed by atoms with Crippen LogP contribution >= 0.6 is 0 Å². The largest absolute Gasteiger partial charge is 0.462 e. The predicted molar refractivity (Wildman–Crippen MR) is 216 cm³/mol. The first-order valence-electron chi connectivity index (χ1n) is 22.0. The first-order valence-corrected chi connectivity index (χ1v) is 22.0. The zero-order chi connectivity index (χ0) is 36.4. The fourth-order valence-electron chi connectivity index (χ4n) is 12.2. The zero-order valence-corrected chi connectivity index (χ0v) is 34.8. The molecule has 0 bridgehead atoms. The van der Waals surface area contributed by atoms with Crippen molar-refractivity contribution in [2.24, 2.45) is 39.4 Å². The van der Waals surface area contributed by atoms with Crippen molar-refractivity contribution in [2.45, 2.75) is 223 Å². The Bertz CT molecular complexity index is 1170. The first kappa shape index (κ1) is 41.4. The molecule has 0 aromatic carbocycles. The highest BCUT2D eigenvalue weighted by Gasteiger charge is 2.63. The van der Waals surface area contributed by atoms with Gasteiger partial charge in [-0.1, -0.05) is 135 Å². The van der Waals surface area contributed by atoms with E-state index in [1.165, 1.54) is 134 Å². The summed E-state index contributed by atoms with van der Waals surface area (Å²) in [7, 11) is 0. The van der Waals surface area contributed by atoms with Crippen LogP contribution in [0.15, 0.2) is 34.9 Å². The lowest BCUT2D eigenvalue weighted by Crippen LogP contribution is -2.55. The summed E-state index contributed by atoms with van der Waals surface area (Å²) in [6, 6.07) is 0. The van der Waals surface area contributed by atoms with Crippen molar-refractivity contribution in [3.8, 4) is 0 Å². The molecule has 2 heteroatoms. The maximum atomic E-state index is 13.1. The molecule has 2 nitrogen and oxygen atoms in total. The Morgan fingerprint density at radius 2 is 1.40 bits per heavy atom. The molecule has 4 aliphatic rings. The average Bonchev–Trinajstić information content (AvgIpc) is 3.35. The van der Waals surface area contributed by atoms with Crippen molar-refractivity contribution in [3.05, 3.63) is 34.9 Å². The van der Waals surface area contributed by atoms with Gasteiger partial charge in [0.2, 0.25) is 0 Å². The summed E-state index contributed by atoms with van der Waals surface area (Å²) in [5.41, 5.74) is 6.22. The van der Waals surface area contributed by atoms with E-state index in [0.717, 1.165) is 31.1 Å². The second kappa shape index (κ2) is 18.6. The zero-order valence-electron chi connectivity index (χ0n) is 34.8. The fraction of sp³-hybridized carbons (Fsp3) is 0.854. The standard InChI is InChI=1S/C48H82O2/c1-10-11-12-13-14-15-16-17-18-19-20-21-22-23-24-28-44(49)50-43-33-34-46(7)40-32-36-47(8)39(38(4)27-25-26-37(2)3)31-35-48(47,9)41(40)29-30-42(46)45(43,5)6/h17-18,26,38-39,42-43H,10-16,19-25,27-36H2,1-9H3/t38-,39-,42+,43+,46-,47-,48+/m1/s1. The van der Waals surface area contributed by atoms with Gasteiger partial charge in [0.1, 0.15) is 6.10 Å². The van der Waals surface area contributed by atoms with Gasteiger partial charge < -0.3 is 4.74 Å². The van der Waals surface area contributed by atoms with Crippen LogP contribution in [0.2, 0.25) is 0 Å². The number of unbranched alkanes of at least 4 members (excludes halogenated alkanes) is 11. The topological polar surface area (TPSA) is 26.3 Å². The van der Waals surface area contributed by atoms with Crippen molar-refractivity contribution in [1.82, 2.24) is 0 Å². The summed E-state index contributed by atoms with van der Waals surface area (Å²) in [6.45, 7) is 22.2. The molecule has 2 fully saturated rings. The van der Waals surface area contributed by atoms with Gasteiger partial charge in [-0.05, 0) is 144 Å². The number of rotatable bonds is 20. The minimum Gasteiger partial charge on any atom is -0.462 e. The molecule has 0 radical (unpaired) electrons. The molecule has 0 unspecified atom stereocenters. The maximum Gasteiger partial charge on any atom is 0.306 e. The van der Waals surface area contributed by atoms with E-state index in [1.807, 2.05) is 11.1 Å². The third-order valence-electron chi connectivity index (χ3n) is 15.5. The van der Waals surface area contributed by atoms with Crippen LogP contribution in [0.4, 0.5) is 0 Å². The van der Waals surface area contributed by atoms with E-state index >= 15 is 0 Å². The Hall–Kier alpha value is -1.31. The second-order valence-electron chi connectivity index (χ2n) is 19.4. The van der Waals surface area contributed by atoms with Crippen molar-refractivity contribution < 1.29 is 9.53 Å². The lowest BCUT2D eigenvalue weighted by molar-refractivity contribution is -0.170. The van der Waals surface area contributed by atoms with E-state index in [4.69, 9.17) is 4.74 Å². The summed E-state index contributed by atoms with van der Waals surface area (Å²) in [5.74, 6) is 2.28. The molecule has 0 aromatic rings. The van der Waals surface area contributed by atoms with Gasteiger partial charge in [0, 0.05) is 11.8 Å². The predicted octanol–water partition coefficient (Wildman–Crippen LogP) is 15.1. The molecule has 0 heterocycles. The molecule has 7 atom stereocenters. The van der Waals surface area contributed by atoms with Crippen LogP contribution in [-0.4, -0.2) is 12.1 Å². The van der Waals surface area contributed by atoms with Gasteiger partial charge in [0.15, 0.2) is 0 Å². The van der Waals surface area contributed by atoms with Gasteiger partial charge in [-0.25, -0.2) is 0 Å². The summed E-state index contributed by atoms with van der Waals surface area (Å²) < 4.78 is 6.38. The molecule has 4 aliphatic carbocycles. The Kier molecular flexibility index (Phi) is 15.4. The van der Waals surface area contributed by atoms with Gasteiger partial charge in [-0.15, -0.1) is 0 Å². The summed E-state index contributed by atoms with van der Waals surface area (Å²) in [6.07, 6.45) is 37.3. The Balaban J connectivity index is 1.22. The van der Waals surface area contributed by atoms with Gasteiger partial charge in [0.05, 0.1) is 0 Å². The number of carbonyl (C=O) groups is 1. The minimum atomic E-state index is 0.0169. The highest BCUT2D eigenvalue weighted by atomic mass is 16.5. The maximum absolute atomic E-state index is 13.1. The Morgan fingerprint density at radius 1 is 0.760 bits per heavy atom. The number of hydrogen-bond acceptors (Lipinski definition) is 2. The van der Waals surface area contributed by atoms with Gasteiger partial charge in [0.25, 0.3) is 0 Å². The van der Waals surface area contributed by atoms with Crippen molar-refractivity contribution in [3.63, 3.8) is 0 Å². The average molecular weight is 691 g/mol. The van der Waals surface area contributed by atoms with E-state index in [0.29, 0.717) is 23.2 Å². The molecule has 2 saturated carbocycles. The van der Waals surface area contributed by atoms with Crippen LogP contribution in [0.1, 0.15) is 216 Å². The highest BCUT2D eigenvalue weighted by molar-refractivity contribution is 5.69. The van der Waals surface area contributed by atoms with Crippen LogP contribution in [0.25, 0.3) is 0 Å². The molecular weight excluding hydrogens is 609 g/mol. The van der Waals surface area contributed by atoms with Gasteiger partial charge >= 0.3 is 5.97 Å². The van der Waals surface area contributed by atoms with Crippen LogP contribution in [-0.2, 0) is 9.53 Å². The molecule has 0 amide bonds. The smallest absolute Gasteiger partial charge is 0.306 e. The fourth-order valence-corrected chi connectivity index (χ4v) is 12.2. The Labute approximate surface area is 311 Å². The Morgan fingerprint density at radius 3 is 2.06 bits per heavy atom. The number of ether oxygens (including phenoxy) is 1. The lowest BCUT2D eigenvalue weighted by Gasteiger charge is -2.62. The molecule has 0 saturated heterocycles. The number of esters is 1. The van der Waals surface area contributed by atoms with Crippen LogP contribution in [0.5, 0.6) is 0 Å². The molecule has 4 rings (SSSR count). The summed E-state index contributed by atoms with van der Waals surface area (Å²) >= 11 is 0. The quantitative estimate of drug-likeness (QED) is 0.0722. The van der Waals surface area contributed by atoms with E-state index in [1.54, 1.807) is 0 Å². The van der Waals surface area contributed by atoms with E-state index in [9.17, 15) is 4.79 Å². The lowest BCUT2D eigenvalue weighted by atomic mass is 9.43. The normalized spacial score (nSPS) is 32.4. The SMILES string of the molecule is CCCCCCCCC=CCCCCCCCC(=O)O[C@H]1CC[C@]2(C)C3=C(CC[C@H]2C1(C)C)[C@]1(C)CC[C@H]([C@H](C)CCC=C(C)C)[C@@]1(C)CC3. The minimum absolute atomic E-state index is 0.0169. The first-order chi connectivity index (χ1) is 23.8. The van der Waals surface area contributed by atoms with Gasteiger partial charge in [-0.3, -0.25) is 4.79 Å². The van der Waals surface area contributed by atoms with Crippen LogP contribution < -0.4 is 0 Å². The second-order valence-corrected chi connectivity index (χ2v) is 19.4. The highest BCUT2D eigenvalue weighted by Crippen LogP contribution is 2.72. The number of allylic oxidation sites excluding steroid dienone is 6. The van der Waals surface area contributed by atoms with Crippen molar-refractivity contribution in [2.75, 3.05) is 0 Å².